The highest BCUT2D eigenvalue weighted by atomic mass is 79.9. The maximum atomic E-state index is 12.4. The van der Waals surface area contributed by atoms with E-state index in [0.717, 1.165) is 0 Å². The van der Waals surface area contributed by atoms with E-state index in [0.29, 0.717) is 6.07 Å². The highest BCUT2D eigenvalue weighted by molar-refractivity contribution is 9.10. The number of pyridine rings is 1. The van der Waals surface area contributed by atoms with Crippen LogP contribution in [0.2, 0.25) is 0 Å². The molecule has 1 nitrogen and oxygen atoms in total. The second kappa shape index (κ2) is 4.83. The van der Waals surface area contributed by atoms with Gasteiger partial charge in [-0.3, -0.25) is 0 Å². The molecule has 0 saturated heterocycles. The highest BCUT2D eigenvalue weighted by Crippen LogP contribution is 2.36. The molecule has 0 saturated carbocycles. The minimum atomic E-state index is -4.66. The van der Waals surface area contributed by atoms with Crippen molar-refractivity contribution in [1.82, 2.24) is 4.98 Å². The van der Waals surface area contributed by atoms with Crippen molar-refractivity contribution in [2.24, 2.45) is 0 Å². The van der Waals surface area contributed by atoms with Gasteiger partial charge >= 0.3 is 6.18 Å². The van der Waals surface area contributed by atoms with E-state index in [9.17, 15) is 22.0 Å². The zero-order valence-corrected chi connectivity index (χ0v) is 9.80. The van der Waals surface area contributed by atoms with Crippen LogP contribution in [0, 0.1) is 0 Å². The Hall–Kier alpha value is -0.430. The van der Waals surface area contributed by atoms with Crippen molar-refractivity contribution in [3.8, 4) is 0 Å². The molecule has 0 fully saturated rings. The summed E-state index contributed by atoms with van der Waals surface area (Å²) in [6.45, 7) is 0. The van der Waals surface area contributed by atoms with Crippen molar-refractivity contribution in [2.45, 2.75) is 18.5 Å². The van der Waals surface area contributed by atoms with E-state index in [4.69, 9.17) is 11.6 Å². The Morgan fingerprint density at radius 3 is 2.31 bits per heavy atom. The van der Waals surface area contributed by atoms with E-state index in [1.54, 1.807) is 0 Å². The molecule has 0 aliphatic heterocycles. The van der Waals surface area contributed by atoms with Crippen molar-refractivity contribution < 1.29 is 22.0 Å². The van der Waals surface area contributed by atoms with Gasteiger partial charge in [0.2, 0.25) is 0 Å². The summed E-state index contributed by atoms with van der Waals surface area (Å²) >= 11 is 7.80. The molecule has 0 radical (unpaired) electrons. The van der Waals surface area contributed by atoms with Gasteiger partial charge in [0, 0.05) is 5.88 Å². The maximum absolute atomic E-state index is 12.4. The molecule has 0 N–H and O–H groups in total. The molecule has 0 atom stereocenters. The third-order valence-electron chi connectivity index (χ3n) is 1.74. The van der Waals surface area contributed by atoms with Gasteiger partial charge in [-0.25, -0.2) is 13.8 Å². The predicted octanol–water partition coefficient (Wildman–Crippen LogP) is 4.54. The lowest BCUT2D eigenvalue weighted by Crippen LogP contribution is -2.10. The van der Waals surface area contributed by atoms with Gasteiger partial charge in [-0.1, -0.05) is 0 Å². The zero-order chi connectivity index (χ0) is 12.5. The standard InChI is InChI=1S/C8H4BrClF5N/c9-6-4(8(13,14)15)1-3(2-10)5(16-6)7(11)12/h1,7H,2H2. The second-order valence-corrected chi connectivity index (χ2v) is 3.82. The number of rotatable bonds is 2. The highest BCUT2D eigenvalue weighted by Gasteiger charge is 2.35. The first-order valence-corrected chi connectivity index (χ1v) is 5.20. The lowest BCUT2D eigenvalue weighted by molar-refractivity contribution is -0.138. The minimum absolute atomic E-state index is 0.327. The molecule has 0 amide bonds. The average molecular weight is 324 g/mol. The van der Waals surface area contributed by atoms with Crippen LogP contribution < -0.4 is 0 Å². The zero-order valence-electron chi connectivity index (χ0n) is 7.45. The van der Waals surface area contributed by atoms with E-state index in [1.165, 1.54) is 0 Å². The molecule has 0 unspecified atom stereocenters. The Kier molecular flexibility index (Phi) is 4.12. The molecule has 0 aliphatic rings. The molecular formula is C8H4BrClF5N. The van der Waals surface area contributed by atoms with Crippen LogP contribution in [0.25, 0.3) is 0 Å². The van der Waals surface area contributed by atoms with Crippen molar-refractivity contribution in [3.05, 3.63) is 27.5 Å². The van der Waals surface area contributed by atoms with Crippen LogP contribution in [0.1, 0.15) is 23.2 Å². The average Bonchev–Trinajstić information content (AvgIpc) is 2.15. The Labute approximate surface area is 101 Å². The first-order valence-electron chi connectivity index (χ1n) is 3.88. The van der Waals surface area contributed by atoms with Crippen LogP contribution in [-0.4, -0.2) is 4.98 Å². The van der Waals surface area contributed by atoms with E-state index in [-0.39, 0.29) is 5.56 Å². The third-order valence-corrected chi connectivity index (χ3v) is 2.64. The van der Waals surface area contributed by atoms with E-state index in [2.05, 4.69) is 20.9 Å². The lowest BCUT2D eigenvalue weighted by Gasteiger charge is -2.12. The fourth-order valence-electron chi connectivity index (χ4n) is 1.04. The fourth-order valence-corrected chi connectivity index (χ4v) is 1.78. The van der Waals surface area contributed by atoms with Crippen LogP contribution in [-0.2, 0) is 12.1 Å². The molecule has 16 heavy (non-hydrogen) atoms. The molecule has 8 heteroatoms. The Bertz CT molecular complexity index is 393. The molecule has 1 aromatic heterocycles. The monoisotopic (exact) mass is 323 g/mol. The summed E-state index contributed by atoms with van der Waals surface area (Å²) in [6.07, 6.45) is -7.62. The molecule has 90 valence electrons. The number of aromatic nitrogens is 1. The maximum Gasteiger partial charge on any atom is 0.419 e. The van der Waals surface area contributed by atoms with E-state index >= 15 is 0 Å². The molecule has 0 aliphatic carbocycles. The quantitative estimate of drug-likeness (QED) is 0.442. The van der Waals surface area contributed by atoms with Crippen LogP contribution in [0.3, 0.4) is 0 Å². The summed E-state index contributed by atoms with van der Waals surface area (Å²) in [5, 5.41) is 0. The summed E-state index contributed by atoms with van der Waals surface area (Å²) < 4.78 is 61.3. The van der Waals surface area contributed by atoms with Crippen LogP contribution in [0.5, 0.6) is 0 Å². The van der Waals surface area contributed by atoms with Crippen molar-refractivity contribution in [1.29, 1.82) is 0 Å². The van der Waals surface area contributed by atoms with Gasteiger partial charge in [0.1, 0.15) is 10.3 Å². The molecule has 0 bridgehead atoms. The topological polar surface area (TPSA) is 12.9 Å². The molecule has 0 spiro atoms. The van der Waals surface area contributed by atoms with Crippen LogP contribution in [0.4, 0.5) is 22.0 Å². The molecule has 1 rings (SSSR count). The van der Waals surface area contributed by atoms with Gasteiger partial charge in [0.05, 0.1) is 5.56 Å². The summed E-state index contributed by atoms with van der Waals surface area (Å²) in [6, 6.07) is 0.575. The third kappa shape index (κ3) is 2.82. The first-order chi connectivity index (χ1) is 7.27. The van der Waals surface area contributed by atoms with Crippen molar-refractivity contribution in [3.63, 3.8) is 0 Å². The Morgan fingerprint density at radius 1 is 1.38 bits per heavy atom. The summed E-state index contributed by atoms with van der Waals surface area (Å²) in [5.41, 5.74) is -2.19. The lowest BCUT2D eigenvalue weighted by atomic mass is 10.1. The van der Waals surface area contributed by atoms with Gasteiger partial charge in [-0.05, 0) is 27.6 Å². The van der Waals surface area contributed by atoms with Gasteiger partial charge in [0.15, 0.2) is 0 Å². The van der Waals surface area contributed by atoms with Gasteiger partial charge in [-0.15, -0.1) is 11.6 Å². The van der Waals surface area contributed by atoms with Gasteiger partial charge in [0.25, 0.3) is 6.43 Å². The fraction of sp³-hybridized carbons (Fsp3) is 0.375. The number of halogens is 7. The molecular weight excluding hydrogens is 320 g/mol. The summed E-state index contributed by atoms with van der Waals surface area (Å²) in [5.74, 6) is -0.455. The Balaban J connectivity index is 3.37. The van der Waals surface area contributed by atoms with Crippen molar-refractivity contribution >= 4 is 27.5 Å². The molecule has 1 heterocycles. The SMILES string of the molecule is FC(F)c1nc(Br)c(C(F)(F)F)cc1CCl. The minimum Gasteiger partial charge on any atom is -0.239 e. The molecule has 0 aromatic carbocycles. The number of nitrogens with zero attached hydrogens (tertiary/aromatic N) is 1. The first kappa shape index (κ1) is 13.6. The van der Waals surface area contributed by atoms with Crippen LogP contribution >= 0.6 is 27.5 Å². The smallest absolute Gasteiger partial charge is 0.239 e. The molecule has 1 aromatic rings. The normalized spacial score (nSPS) is 12.2. The predicted molar refractivity (Wildman–Crippen MR) is 51.5 cm³/mol. The summed E-state index contributed by atoms with van der Waals surface area (Å²) in [7, 11) is 0. The second-order valence-electron chi connectivity index (χ2n) is 2.80. The van der Waals surface area contributed by atoms with Crippen LogP contribution in [0.15, 0.2) is 10.7 Å². The number of hydrogen-bond donors (Lipinski definition) is 0. The summed E-state index contributed by atoms with van der Waals surface area (Å²) in [4.78, 5) is 3.17. The Morgan fingerprint density at radius 2 is 1.94 bits per heavy atom. The van der Waals surface area contributed by atoms with E-state index < -0.39 is 34.3 Å². The number of hydrogen-bond acceptors (Lipinski definition) is 1. The van der Waals surface area contributed by atoms with Gasteiger partial charge < -0.3 is 0 Å². The van der Waals surface area contributed by atoms with E-state index in [1.807, 2.05) is 0 Å². The largest absolute Gasteiger partial charge is 0.419 e. The van der Waals surface area contributed by atoms with Gasteiger partial charge in [-0.2, -0.15) is 13.2 Å². The number of alkyl halides is 6. The van der Waals surface area contributed by atoms with Crippen molar-refractivity contribution in [2.75, 3.05) is 0 Å².